The van der Waals surface area contributed by atoms with Gasteiger partial charge in [-0.25, -0.2) is 4.79 Å². The van der Waals surface area contributed by atoms with Crippen LogP contribution in [0.5, 0.6) is 0 Å². The number of hydrogen-bond acceptors (Lipinski definition) is 3. The Morgan fingerprint density at radius 3 is 2.48 bits per heavy atom. The van der Waals surface area contributed by atoms with Gasteiger partial charge >= 0.3 is 5.97 Å². The normalized spacial score (nSPS) is 11.9. The van der Waals surface area contributed by atoms with E-state index in [0.717, 1.165) is 10.9 Å². The third kappa shape index (κ3) is 4.14. The van der Waals surface area contributed by atoms with Crippen molar-refractivity contribution in [1.29, 1.82) is 0 Å². The van der Waals surface area contributed by atoms with Crippen LogP contribution in [0, 0.1) is 0 Å². The minimum atomic E-state index is -1.11. The summed E-state index contributed by atoms with van der Waals surface area (Å²) in [5.74, 6) is -1.58. The molecule has 6 heteroatoms. The molecule has 1 heterocycles. The summed E-state index contributed by atoms with van der Waals surface area (Å²) >= 11 is 5.79. The van der Waals surface area contributed by atoms with E-state index >= 15 is 0 Å². The average molecular weight is 355 g/mol. The predicted octanol–water partition coefficient (Wildman–Crippen LogP) is 3.31. The fraction of sp³-hybridized carbons (Fsp3) is 0.105. The van der Waals surface area contributed by atoms with E-state index in [2.05, 4.69) is 10.3 Å². The minimum Gasteiger partial charge on any atom is -0.480 e. The number of carboxylic acid groups (broad SMARTS) is 1. The van der Waals surface area contributed by atoms with Gasteiger partial charge in [-0.2, -0.15) is 0 Å². The Kier molecular flexibility index (Phi) is 4.95. The molecule has 0 fully saturated rings. The van der Waals surface area contributed by atoms with E-state index in [9.17, 15) is 14.7 Å². The van der Waals surface area contributed by atoms with E-state index in [1.807, 2.05) is 30.3 Å². The second-order valence-electron chi connectivity index (χ2n) is 5.57. The van der Waals surface area contributed by atoms with Gasteiger partial charge < -0.3 is 10.4 Å². The third-order valence-corrected chi connectivity index (χ3v) is 4.03. The summed E-state index contributed by atoms with van der Waals surface area (Å²) in [6, 6.07) is 16.4. The van der Waals surface area contributed by atoms with Crippen LogP contribution in [0.25, 0.3) is 10.9 Å². The summed E-state index contributed by atoms with van der Waals surface area (Å²) in [6.07, 6.45) is 0.0967. The van der Waals surface area contributed by atoms with E-state index in [1.165, 1.54) is 0 Å². The van der Waals surface area contributed by atoms with E-state index in [-0.39, 0.29) is 6.42 Å². The Hall–Kier alpha value is -2.92. The summed E-state index contributed by atoms with van der Waals surface area (Å²) in [5.41, 5.74) is 1.73. The van der Waals surface area contributed by atoms with Crippen LogP contribution in [0.3, 0.4) is 0 Å². The van der Waals surface area contributed by atoms with Gasteiger partial charge in [-0.1, -0.05) is 35.9 Å². The largest absolute Gasteiger partial charge is 0.480 e. The molecule has 126 valence electrons. The molecule has 2 aromatic carbocycles. The van der Waals surface area contributed by atoms with Crippen molar-refractivity contribution in [2.24, 2.45) is 0 Å². The topological polar surface area (TPSA) is 79.3 Å². The molecule has 1 amide bonds. The highest BCUT2D eigenvalue weighted by Crippen LogP contribution is 2.14. The molecule has 5 nitrogen and oxygen atoms in total. The molecule has 0 saturated heterocycles. The smallest absolute Gasteiger partial charge is 0.326 e. The van der Waals surface area contributed by atoms with Crippen LogP contribution < -0.4 is 5.32 Å². The van der Waals surface area contributed by atoms with Crippen molar-refractivity contribution < 1.29 is 14.7 Å². The minimum absolute atomic E-state index is 0.0967. The molecule has 1 atom stereocenters. The Bertz CT molecular complexity index is 925. The van der Waals surface area contributed by atoms with Crippen LogP contribution in [0.4, 0.5) is 0 Å². The van der Waals surface area contributed by atoms with Crippen molar-refractivity contribution in [3.63, 3.8) is 0 Å². The number of pyridine rings is 1. The lowest BCUT2D eigenvalue weighted by Gasteiger charge is -2.14. The average Bonchev–Trinajstić information content (AvgIpc) is 2.61. The quantitative estimate of drug-likeness (QED) is 0.736. The SMILES string of the molecule is O=C(N[C@H](Cc1ccc2ccccc2n1)C(=O)O)c1ccc(Cl)cc1. The summed E-state index contributed by atoms with van der Waals surface area (Å²) < 4.78 is 0. The number of nitrogens with zero attached hydrogens (tertiary/aromatic N) is 1. The second-order valence-corrected chi connectivity index (χ2v) is 6.01. The van der Waals surface area contributed by atoms with Crippen molar-refractivity contribution in [3.8, 4) is 0 Å². The predicted molar refractivity (Wildman–Crippen MR) is 95.8 cm³/mol. The van der Waals surface area contributed by atoms with E-state index < -0.39 is 17.9 Å². The number of halogens is 1. The Balaban J connectivity index is 1.77. The first-order valence-electron chi connectivity index (χ1n) is 7.67. The monoisotopic (exact) mass is 354 g/mol. The molecule has 2 N–H and O–H groups in total. The maximum absolute atomic E-state index is 12.2. The molecule has 0 aliphatic heterocycles. The number of carbonyl (C=O) groups excluding carboxylic acids is 1. The number of hydrogen-bond donors (Lipinski definition) is 2. The lowest BCUT2D eigenvalue weighted by atomic mass is 10.1. The van der Waals surface area contributed by atoms with Crippen molar-refractivity contribution in [2.45, 2.75) is 12.5 Å². The number of aromatic nitrogens is 1. The summed E-state index contributed by atoms with van der Waals surface area (Å²) in [4.78, 5) is 28.2. The number of nitrogens with one attached hydrogen (secondary N) is 1. The number of para-hydroxylation sites is 1. The number of carboxylic acids is 1. The van der Waals surface area contributed by atoms with Gasteiger partial charge in [0.1, 0.15) is 6.04 Å². The summed E-state index contributed by atoms with van der Waals surface area (Å²) in [5, 5.41) is 13.4. The molecular weight excluding hydrogens is 340 g/mol. The number of benzene rings is 2. The van der Waals surface area contributed by atoms with E-state index in [4.69, 9.17) is 11.6 Å². The highest BCUT2D eigenvalue weighted by Gasteiger charge is 2.21. The lowest BCUT2D eigenvalue weighted by Crippen LogP contribution is -2.42. The molecule has 25 heavy (non-hydrogen) atoms. The number of fused-ring (bicyclic) bond motifs is 1. The molecule has 0 radical (unpaired) electrons. The molecular formula is C19H15ClN2O3. The number of aliphatic carboxylic acids is 1. The van der Waals surface area contributed by atoms with Gasteiger partial charge in [0, 0.05) is 28.1 Å². The highest BCUT2D eigenvalue weighted by atomic mass is 35.5. The van der Waals surface area contributed by atoms with Gasteiger partial charge in [-0.05, 0) is 36.4 Å². The van der Waals surface area contributed by atoms with Crippen LogP contribution in [0.1, 0.15) is 16.1 Å². The van der Waals surface area contributed by atoms with Crippen LogP contribution in [-0.4, -0.2) is 28.0 Å². The van der Waals surface area contributed by atoms with Crippen molar-refractivity contribution in [1.82, 2.24) is 10.3 Å². The van der Waals surface area contributed by atoms with E-state index in [0.29, 0.717) is 16.3 Å². The standard InChI is InChI=1S/C19H15ClN2O3/c20-14-8-5-13(6-9-14)18(23)22-17(19(24)25)11-15-10-7-12-3-1-2-4-16(12)21-15/h1-10,17H,11H2,(H,22,23)(H,24,25)/t17-/m1/s1. The Labute approximate surface area is 149 Å². The number of carbonyl (C=O) groups is 2. The fourth-order valence-electron chi connectivity index (χ4n) is 2.47. The first-order chi connectivity index (χ1) is 12.0. The lowest BCUT2D eigenvalue weighted by molar-refractivity contribution is -0.139. The molecule has 0 aliphatic carbocycles. The zero-order chi connectivity index (χ0) is 17.8. The molecule has 0 saturated carbocycles. The molecule has 0 aliphatic rings. The molecule has 0 spiro atoms. The summed E-state index contributed by atoms with van der Waals surface area (Å²) in [6.45, 7) is 0. The van der Waals surface area contributed by atoms with Gasteiger partial charge in [0.2, 0.25) is 0 Å². The first kappa shape index (κ1) is 16.9. The van der Waals surface area contributed by atoms with Gasteiger partial charge in [0.25, 0.3) is 5.91 Å². The van der Waals surface area contributed by atoms with Crippen LogP contribution in [-0.2, 0) is 11.2 Å². The van der Waals surface area contributed by atoms with Gasteiger partial charge in [-0.15, -0.1) is 0 Å². The zero-order valence-corrected chi connectivity index (χ0v) is 13.9. The van der Waals surface area contributed by atoms with Gasteiger partial charge in [0.05, 0.1) is 5.52 Å². The Morgan fingerprint density at radius 2 is 1.76 bits per heavy atom. The van der Waals surface area contributed by atoms with Gasteiger partial charge in [0.15, 0.2) is 0 Å². The van der Waals surface area contributed by atoms with Crippen LogP contribution in [0.15, 0.2) is 60.7 Å². The molecule has 0 bridgehead atoms. The number of amides is 1. The van der Waals surface area contributed by atoms with E-state index in [1.54, 1.807) is 30.3 Å². The maximum Gasteiger partial charge on any atom is 0.326 e. The van der Waals surface area contributed by atoms with Crippen molar-refractivity contribution in [2.75, 3.05) is 0 Å². The molecule has 3 rings (SSSR count). The second kappa shape index (κ2) is 7.32. The Morgan fingerprint density at radius 1 is 1.04 bits per heavy atom. The number of rotatable bonds is 5. The molecule has 0 unspecified atom stereocenters. The van der Waals surface area contributed by atoms with Crippen molar-refractivity contribution >= 4 is 34.4 Å². The van der Waals surface area contributed by atoms with Gasteiger partial charge in [-0.3, -0.25) is 9.78 Å². The van der Waals surface area contributed by atoms with Crippen LogP contribution >= 0.6 is 11.6 Å². The summed E-state index contributed by atoms with van der Waals surface area (Å²) in [7, 11) is 0. The maximum atomic E-state index is 12.2. The van der Waals surface area contributed by atoms with Crippen molar-refractivity contribution in [3.05, 3.63) is 76.9 Å². The first-order valence-corrected chi connectivity index (χ1v) is 8.04. The molecule has 3 aromatic rings. The third-order valence-electron chi connectivity index (χ3n) is 3.78. The van der Waals surface area contributed by atoms with Crippen LogP contribution in [0.2, 0.25) is 5.02 Å². The fourth-order valence-corrected chi connectivity index (χ4v) is 2.60. The zero-order valence-electron chi connectivity index (χ0n) is 13.1. The highest BCUT2D eigenvalue weighted by molar-refractivity contribution is 6.30. The molecule has 1 aromatic heterocycles.